The van der Waals surface area contributed by atoms with Crippen LogP contribution in [0.2, 0.25) is 10.0 Å². The lowest BCUT2D eigenvalue weighted by Crippen LogP contribution is -2.10. The van der Waals surface area contributed by atoms with Crippen molar-refractivity contribution < 1.29 is 13.5 Å². The number of ether oxygens (including phenoxy) is 1. The average Bonchev–Trinajstić information content (AvgIpc) is 2.97. The second kappa shape index (κ2) is 8.46. The summed E-state index contributed by atoms with van der Waals surface area (Å²) >= 11 is 13.5. The van der Waals surface area contributed by atoms with Crippen LogP contribution in [0.25, 0.3) is 0 Å². The molecule has 27 heavy (non-hydrogen) atoms. The maximum absolute atomic E-state index is 13.2. The van der Waals surface area contributed by atoms with Gasteiger partial charge in [0.2, 0.25) is 0 Å². The van der Waals surface area contributed by atoms with Crippen LogP contribution in [0.4, 0.5) is 8.78 Å². The minimum Gasteiger partial charge on any atom is -0.481 e. The summed E-state index contributed by atoms with van der Waals surface area (Å²) in [5.41, 5.74) is 0.801. The van der Waals surface area contributed by atoms with Crippen LogP contribution in [0.1, 0.15) is 24.4 Å². The Bertz CT molecular complexity index is 968. The minimum absolute atomic E-state index is 0.185. The average molecular weight is 430 g/mol. The second-order valence-corrected chi connectivity index (χ2v) is 7.52. The summed E-state index contributed by atoms with van der Waals surface area (Å²) in [6.07, 6.45) is -0.450. The molecule has 0 saturated heterocycles. The van der Waals surface area contributed by atoms with Gasteiger partial charge in [0.15, 0.2) is 17.1 Å². The first-order chi connectivity index (χ1) is 12.8. The van der Waals surface area contributed by atoms with E-state index in [1.807, 2.05) is 7.05 Å². The van der Waals surface area contributed by atoms with Crippen LogP contribution in [0.5, 0.6) is 5.75 Å². The topological polar surface area (TPSA) is 39.9 Å². The lowest BCUT2D eigenvalue weighted by Gasteiger charge is -2.15. The number of benzene rings is 2. The van der Waals surface area contributed by atoms with Gasteiger partial charge >= 0.3 is 0 Å². The van der Waals surface area contributed by atoms with E-state index in [1.54, 1.807) is 17.6 Å². The van der Waals surface area contributed by atoms with Gasteiger partial charge in [-0.05, 0) is 42.8 Å². The van der Waals surface area contributed by atoms with Crippen molar-refractivity contribution in [2.24, 2.45) is 7.05 Å². The molecule has 0 aliphatic carbocycles. The molecule has 0 fully saturated rings. The standard InChI is InChI=1S/C18H15Cl2F2N3OS/c1-10(26-16-6-5-13(22)8-15(16)20)17-23-24-18(25(17)2)27-9-11-3-4-12(21)7-14(11)19/h3-8,10H,9H2,1-2H3. The maximum Gasteiger partial charge on any atom is 0.191 e. The van der Waals surface area contributed by atoms with Gasteiger partial charge in [0.25, 0.3) is 0 Å². The highest BCUT2D eigenvalue weighted by Gasteiger charge is 2.19. The third kappa shape index (κ3) is 4.72. The predicted octanol–water partition coefficient (Wildman–Crippen LogP) is 5.83. The molecule has 0 amide bonds. The fourth-order valence-corrected chi connectivity index (χ4v) is 3.85. The van der Waals surface area contributed by atoms with E-state index >= 15 is 0 Å². The maximum atomic E-state index is 13.2. The molecule has 1 heterocycles. The van der Waals surface area contributed by atoms with Crippen LogP contribution < -0.4 is 4.74 Å². The van der Waals surface area contributed by atoms with Crippen LogP contribution in [-0.4, -0.2) is 14.8 Å². The monoisotopic (exact) mass is 429 g/mol. The lowest BCUT2D eigenvalue weighted by atomic mass is 10.2. The van der Waals surface area contributed by atoms with Gasteiger partial charge in [0, 0.05) is 17.8 Å². The van der Waals surface area contributed by atoms with Crippen LogP contribution in [0, 0.1) is 11.6 Å². The molecule has 0 aliphatic heterocycles. The number of halogens is 4. The first-order valence-electron chi connectivity index (χ1n) is 7.93. The van der Waals surface area contributed by atoms with E-state index in [4.69, 9.17) is 27.9 Å². The predicted molar refractivity (Wildman–Crippen MR) is 102 cm³/mol. The zero-order chi connectivity index (χ0) is 19.6. The van der Waals surface area contributed by atoms with E-state index < -0.39 is 11.9 Å². The molecule has 1 atom stereocenters. The first-order valence-corrected chi connectivity index (χ1v) is 9.67. The van der Waals surface area contributed by atoms with Gasteiger partial charge < -0.3 is 9.30 Å². The number of hydrogen-bond acceptors (Lipinski definition) is 4. The first kappa shape index (κ1) is 19.9. The molecule has 3 rings (SSSR count). The zero-order valence-corrected chi connectivity index (χ0v) is 16.7. The van der Waals surface area contributed by atoms with Gasteiger partial charge in [-0.25, -0.2) is 8.78 Å². The summed E-state index contributed by atoms with van der Waals surface area (Å²) in [6, 6.07) is 8.22. The van der Waals surface area contributed by atoms with Crippen LogP contribution in [-0.2, 0) is 12.8 Å². The largest absolute Gasteiger partial charge is 0.481 e. The van der Waals surface area contributed by atoms with Crippen LogP contribution in [0.15, 0.2) is 41.6 Å². The highest BCUT2D eigenvalue weighted by atomic mass is 35.5. The normalized spacial score (nSPS) is 12.2. The highest BCUT2D eigenvalue weighted by molar-refractivity contribution is 7.98. The van der Waals surface area contributed by atoms with Crippen molar-refractivity contribution in [3.8, 4) is 5.75 Å². The summed E-state index contributed by atoms with van der Waals surface area (Å²) in [4.78, 5) is 0. The lowest BCUT2D eigenvalue weighted by molar-refractivity contribution is 0.211. The van der Waals surface area contributed by atoms with Gasteiger partial charge in [-0.1, -0.05) is 41.0 Å². The second-order valence-electron chi connectivity index (χ2n) is 5.76. The third-order valence-corrected chi connectivity index (χ3v) is 5.52. The molecule has 0 radical (unpaired) electrons. The highest BCUT2D eigenvalue weighted by Crippen LogP contribution is 2.31. The van der Waals surface area contributed by atoms with E-state index in [0.717, 1.165) is 5.56 Å². The van der Waals surface area contributed by atoms with Crippen molar-refractivity contribution in [3.63, 3.8) is 0 Å². The molecule has 9 heteroatoms. The number of aromatic nitrogens is 3. The Balaban J connectivity index is 1.70. The summed E-state index contributed by atoms with van der Waals surface area (Å²) in [5.74, 6) is 0.658. The van der Waals surface area contributed by atoms with Gasteiger partial charge in [-0.2, -0.15) is 0 Å². The summed E-state index contributed by atoms with van der Waals surface area (Å²) in [6.45, 7) is 1.80. The molecule has 3 aromatic rings. The van der Waals surface area contributed by atoms with E-state index in [0.29, 0.717) is 27.5 Å². The fraction of sp³-hybridized carbons (Fsp3) is 0.222. The van der Waals surface area contributed by atoms with Gasteiger partial charge in [-0.15, -0.1) is 10.2 Å². The SMILES string of the molecule is CC(Oc1ccc(F)cc1Cl)c1nnc(SCc2ccc(F)cc2Cl)n1C. The third-order valence-electron chi connectivity index (χ3n) is 3.80. The quantitative estimate of drug-likeness (QED) is 0.461. The number of rotatable bonds is 6. The van der Waals surface area contributed by atoms with E-state index in [-0.39, 0.29) is 10.8 Å². The molecule has 0 saturated carbocycles. The molecule has 4 nitrogen and oxygen atoms in total. The van der Waals surface area contributed by atoms with Gasteiger partial charge in [-0.3, -0.25) is 0 Å². The Labute approximate surface area is 169 Å². The van der Waals surface area contributed by atoms with Crippen LogP contribution in [0.3, 0.4) is 0 Å². The number of nitrogens with zero attached hydrogens (tertiary/aromatic N) is 3. The Morgan fingerprint density at radius 2 is 1.74 bits per heavy atom. The summed E-state index contributed by atoms with van der Waals surface area (Å²) < 4.78 is 33.9. The Hall–Kier alpha value is -1.83. The summed E-state index contributed by atoms with van der Waals surface area (Å²) in [5, 5.41) is 9.54. The molecule has 2 aromatic carbocycles. The Kier molecular flexibility index (Phi) is 6.24. The van der Waals surface area contributed by atoms with Crippen LogP contribution >= 0.6 is 35.0 Å². The van der Waals surface area contributed by atoms with Gasteiger partial charge in [0.1, 0.15) is 17.4 Å². The van der Waals surface area contributed by atoms with Crippen molar-refractivity contribution in [1.29, 1.82) is 0 Å². The molecule has 142 valence electrons. The Morgan fingerprint density at radius 1 is 1.07 bits per heavy atom. The summed E-state index contributed by atoms with van der Waals surface area (Å²) in [7, 11) is 1.82. The molecular weight excluding hydrogens is 415 g/mol. The Morgan fingerprint density at radius 3 is 2.41 bits per heavy atom. The molecular formula is C18H15Cl2F2N3OS. The van der Waals surface area contributed by atoms with Crippen molar-refractivity contribution in [2.75, 3.05) is 0 Å². The molecule has 1 aromatic heterocycles. The van der Waals surface area contributed by atoms with Crippen molar-refractivity contribution in [1.82, 2.24) is 14.8 Å². The van der Waals surface area contributed by atoms with E-state index in [9.17, 15) is 8.78 Å². The minimum atomic E-state index is -0.450. The molecule has 0 spiro atoms. The smallest absolute Gasteiger partial charge is 0.191 e. The fourth-order valence-electron chi connectivity index (χ4n) is 2.40. The zero-order valence-electron chi connectivity index (χ0n) is 14.4. The van der Waals surface area contributed by atoms with E-state index in [1.165, 1.54) is 42.1 Å². The molecule has 0 N–H and O–H groups in total. The molecule has 0 bridgehead atoms. The number of hydrogen-bond donors (Lipinski definition) is 0. The van der Waals surface area contributed by atoms with Crippen molar-refractivity contribution in [3.05, 3.63) is 69.5 Å². The molecule has 1 unspecified atom stereocenters. The van der Waals surface area contributed by atoms with Gasteiger partial charge in [0.05, 0.1) is 5.02 Å². The van der Waals surface area contributed by atoms with Crippen molar-refractivity contribution in [2.45, 2.75) is 23.9 Å². The van der Waals surface area contributed by atoms with Crippen molar-refractivity contribution >= 4 is 35.0 Å². The number of thioether (sulfide) groups is 1. The molecule has 0 aliphatic rings. The van der Waals surface area contributed by atoms with E-state index in [2.05, 4.69) is 10.2 Å².